The largest absolute Gasteiger partial charge is 0.354 e. The Morgan fingerprint density at radius 1 is 1.17 bits per heavy atom. The molecule has 1 fully saturated rings. The van der Waals surface area contributed by atoms with E-state index in [9.17, 15) is 4.79 Å². The summed E-state index contributed by atoms with van der Waals surface area (Å²) in [7, 11) is 2.15. The third-order valence-electron chi connectivity index (χ3n) is 4.32. The van der Waals surface area contributed by atoms with Gasteiger partial charge in [0.15, 0.2) is 0 Å². The van der Waals surface area contributed by atoms with Crippen LogP contribution in [-0.4, -0.2) is 55.5 Å². The number of halogens is 1. The molecule has 0 bridgehead atoms. The van der Waals surface area contributed by atoms with Gasteiger partial charge in [-0.05, 0) is 30.7 Å². The summed E-state index contributed by atoms with van der Waals surface area (Å²) >= 11 is 6.02. The number of carbonyl (C=O) groups is 1. The Bertz CT molecular complexity index is 495. The van der Waals surface area contributed by atoms with Crippen LogP contribution in [0, 0.1) is 5.92 Å². The predicted molar refractivity (Wildman–Crippen MR) is 95.7 cm³/mol. The number of piperazine rings is 1. The molecule has 1 heterocycles. The molecule has 1 N–H and O–H groups in total. The fourth-order valence-electron chi connectivity index (χ4n) is 2.93. The molecule has 1 saturated heterocycles. The molecule has 1 aliphatic heterocycles. The Hall–Kier alpha value is -1.10. The van der Waals surface area contributed by atoms with Gasteiger partial charge in [-0.1, -0.05) is 37.6 Å². The standard InChI is InChI=1S/C18H28ClN3O/c1-14(2)12-18(23)20-13-17(15-4-6-16(19)7-5-15)22-10-8-21(3)9-11-22/h4-7,14,17H,8-13H2,1-3H3,(H,20,23). The Balaban J connectivity index is 2.05. The molecule has 23 heavy (non-hydrogen) atoms. The van der Waals surface area contributed by atoms with Crippen molar-refractivity contribution in [2.45, 2.75) is 26.3 Å². The molecule has 128 valence electrons. The number of hydrogen-bond donors (Lipinski definition) is 1. The summed E-state index contributed by atoms with van der Waals surface area (Å²) in [5.41, 5.74) is 1.21. The Kier molecular flexibility index (Phi) is 6.88. The summed E-state index contributed by atoms with van der Waals surface area (Å²) in [5, 5.41) is 3.85. The van der Waals surface area contributed by atoms with Crippen LogP contribution in [0.5, 0.6) is 0 Å². The van der Waals surface area contributed by atoms with Gasteiger partial charge in [0.25, 0.3) is 0 Å². The van der Waals surface area contributed by atoms with Crippen molar-refractivity contribution < 1.29 is 4.79 Å². The first-order valence-corrected chi connectivity index (χ1v) is 8.78. The maximum absolute atomic E-state index is 12.0. The maximum atomic E-state index is 12.0. The maximum Gasteiger partial charge on any atom is 0.220 e. The van der Waals surface area contributed by atoms with Crippen LogP contribution in [0.25, 0.3) is 0 Å². The minimum Gasteiger partial charge on any atom is -0.354 e. The molecular weight excluding hydrogens is 310 g/mol. The van der Waals surface area contributed by atoms with E-state index in [1.54, 1.807) is 0 Å². The lowest BCUT2D eigenvalue weighted by Gasteiger charge is -2.38. The second-order valence-corrected chi connectivity index (χ2v) is 7.25. The molecule has 1 amide bonds. The van der Waals surface area contributed by atoms with Crippen molar-refractivity contribution in [3.8, 4) is 0 Å². The molecule has 0 aliphatic carbocycles. The van der Waals surface area contributed by atoms with E-state index in [0.717, 1.165) is 31.2 Å². The average Bonchev–Trinajstić information content (AvgIpc) is 2.50. The number of amides is 1. The third-order valence-corrected chi connectivity index (χ3v) is 4.57. The van der Waals surface area contributed by atoms with E-state index in [0.29, 0.717) is 18.9 Å². The van der Waals surface area contributed by atoms with Crippen LogP contribution in [-0.2, 0) is 4.79 Å². The van der Waals surface area contributed by atoms with Gasteiger partial charge in [-0.25, -0.2) is 0 Å². The normalized spacial score (nSPS) is 18.1. The first-order chi connectivity index (χ1) is 11.0. The number of carbonyl (C=O) groups excluding carboxylic acids is 1. The fourth-order valence-corrected chi connectivity index (χ4v) is 3.06. The monoisotopic (exact) mass is 337 g/mol. The lowest BCUT2D eigenvalue weighted by molar-refractivity contribution is -0.122. The number of benzene rings is 1. The van der Waals surface area contributed by atoms with Gasteiger partial charge in [0, 0.05) is 44.2 Å². The molecule has 1 unspecified atom stereocenters. The summed E-state index contributed by atoms with van der Waals surface area (Å²) < 4.78 is 0. The van der Waals surface area contributed by atoms with Gasteiger partial charge in [-0.15, -0.1) is 0 Å². The molecular formula is C18H28ClN3O. The molecule has 4 nitrogen and oxygen atoms in total. The first kappa shape index (κ1) is 18.2. The van der Waals surface area contributed by atoms with Crippen molar-refractivity contribution >= 4 is 17.5 Å². The van der Waals surface area contributed by atoms with E-state index < -0.39 is 0 Å². The van der Waals surface area contributed by atoms with Crippen LogP contribution in [0.15, 0.2) is 24.3 Å². The highest BCUT2D eigenvalue weighted by molar-refractivity contribution is 6.30. The van der Waals surface area contributed by atoms with Crippen molar-refractivity contribution in [2.24, 2.45) is 5.92 Å². The summed E-state index contributed by atoms with van der Waals surface area (Å²) in [6.45, 7) is 8.94. The van der Waals surface area contributed by atoms with Gasteiger partial charge in [-0.2, -0.15) is 0 Å². The van der Waals surface area contributed by atoms with Crippen LogP contribution in [0.3, 0.4) is 0 Å². The second kappa shape index (κ2) is 8.67. The highest BCUT2D eigenvalue weighted by atomic mass is 35.5. The zero-order valence-corrected chi connectivity index (χ0v) is 15.1. The van der Waals surface area contributed by atoms with Crippen molar-refractivity contribution in [3.63, 3.8) is 0 Å². The van der Waals surface area contributed by atoms with Crippen molar-refractivity contribution in [3.05, 3.63) is 34.9 Å². The van der Waals surface area contributed by atoms with Gasteiger partial charge in [0.05, 0.1) is 6.04 Å². The summed E-state index contributed by atoms with van der Waals surface area (Å²) in [6, 6.07) is 8.20. The zero-order valence-electron chi connectivity index (χ0n) is 14.4. The number of nitrogens with zero attached hydrogens (tertiary/aromatic N) is 2. The predicted octanol–water partition coefficient (Wildman–Crippen LogP) is 2.79. The molecule has 2 rings (SSSR count). The van der Waals surface area contributed by atoms with Crippen molar-refractivity contribution in [1.82, 2.24) is 15.1 Å². The molecule has 1 aromatic carbocycles. The van der Waals surface area contributed by atoms with E-state index >= 15 is 0 Å². The van der Waals surface area contributed by atoms with Crippen LogP contribution in [0.1, 0.15) is 31.9 Å². The van der Waals surface area contributed by atoms with Gasteiger partial charge in [0.2, 0.25) is 5.91 Å². The number of likely N-dealkylation sites (N-methyl/N-ethyl adjacent to an activating group) is 1. The number of hydrogen-bond acceptors (Lipinski definition) is 3. The smallest absolute Gasteiger partial charge is 0.220 e. The van der Waals surface area contributed by atoms with Gasteiger partial charge in [-0.3, -0.25) is 9.69 Å². The van der Waals surface area contributed by atoms with Crippen LogP contribution >= 0.6 is 11.6 Å². The molecule has 1 atom stereocenters. The van der Waals surface area contributed by atoms with Crippen LogP contribution < -0.4 is 5.32 Å². The molecule has 0 spiro atoms. The van der Waals surface area contributed by atoms with E-state index in [1.165, 1.54) is 5.56 Å². The van der Waals surface area contributed by atoms with E-state index in [4.69, 9.17) is 11.6 Å². The van der Waals surface area contributed by atoms with Gasteiger partial charge in [0.1, 0.15) is 0 Å². The fraction of sp³-hybridized carbons (Fsp3) is 0.611. The SMILES string of the molecule is CC(C)CC(=O)NCC(c1ccc(Cl)cc1)N1CCN(C)CC1. The highest BCUT2D eigenvalue weighted by Gasteiger charge is 2.24. The Morgan fingerprint density at radius 3 is 2.35 bits per heavy atom. The van der Waals surface area contributed by atoms with Crippen molar-refractivity contribution in [2.75, 3.05) is 39.8 Å². The summed E-state index contributed by atoms with van der Waals surface area (Å²) in [6.07, 6.45) is 0.579. The van der Waals surface area contributed by atoms with E-state index in [2.05, 4.69) is 48.1 Å². The highest BCUT2D eigenvalue weighted by Crippen LogP contribution is 2.23. The molecule has 1 aromatic rings. The summed E-state index contributed by atoms with van der Waals surface area (Å²) in [4.78, 5) is 16.8. The first-order valence-electron chi connectivity index (χ1n) is 8.40. The third kappa shape index (κ3) is 5.79. The Morgan fingerprint density at radius 2 is 1.78 bits per heavy atom. The molecule has 0 radical (unpaired) electrons. The minimum absolute atomic E-state index is 0.132. The minimum atomic E-state index is 0.132. The van der Waals surface area contributed by atoms with Crippen LogP contribution in [0.2, 0.25) is 5.02 Å². The van der Waals surface area contributed by atoms with E-state index in [-0.39, 0.29) is 11.9 Å². The second-order valence-electron chi connectivity index (χ2n) is 6.81. The van der Waals surface area contributed by atoms with Crippen LogP contribution in [0.4, 0.5) is 0 Å². The lowest BCUT2D eigenvalue weighted by Crippen LogP contribution is -2.48. The topological polar surface area (TPSA) is 35.6 Å². The lowest BCUT2D eigenvalue weighted by atomic mass is 10.0. The quantitative estimate of drug-likeness (QED) is 0.867. The number of nitrogens with one attached hydrogen (secondary N) is 1. The zero-order chi connectivity index (χ0) is 16.8. The number of rotatable bonds is 6. The van der Waals surface area contributed by atoms with E-state index in [1.807, 2.05) is 12.1 Å². The molecule has 0 aromatic heterocycles. The Labute approximate surface area is 144 Å². The van der Waals surface area contributed by atoms with Gasteiger partial charge < -0.3 is 10.2 Å². The summed E-state index contributed by atoms with van der Waals surface area (Å²) in [5.74, 6) is 0.515. The molecule has 1 aliphatic rings. The average molecular weight is 338 g/mol. The van der Waals surface area contributed by atoms with Gasteiger partial charge >= 0.3 is 0 Å². The molecule has 5 heteroatoms. The molecule has 0 saturated carbocycles. The van der Waals surface area contributed by atoms with Crippen molar-refractivity contribution in [1.29, 1.82) is 0 Å².